The van der Waals surface area contributed by atoms with Crippen LogP contribution in [-0.4, -0.2) is 36.2 Å². The molecule has 1 aliphatic rings. The number of rotatable bonds is 9. The van der Waals surface area contributed by atoms with Gasteiger partial charge in [0, 0.05) is 18.9 Å². The first-order chi connectivity index (χ1) is 15.2. The Labute approximate surface area is 186 Å². The van der Waals surface area contributed by atoms with Gasteiger partial charge in [-0.3, -0.25) is 0 Å². The molecule has 0 spiro atoms. The van der Waals surface area contributed by atoms with Crippen LogP contribution < -0.4 is 4.74 Å². The second-order valence-corrected chi connectivity index (χ2v) is 8.52. The molecule has 0 radical (unpaired) electrons. The minimum atomic E-state index is -1.03. The maximum absolute atomic E-state index is 12.5. The van der Waals surface area contributed by atoms with Gasteiger partial charge in [-0.15, -0.1) is 0 Å². The third-order valence-corrected chi connectivity index (χ3v) is 6.40. The Morgan fingerprint density at radius 2 is 1.48 bits per heavy atom. The highest BCUT2D eigenvalue weighted by molar-refractivity contribution is 5.37. The molecule has 1 saturated heterocycles. The third-order valence-electron chi connectivity index (χ3n) is 6.40. The van der Waals surface area contributed by atoms with Crippen molar-refractivity contribution in [2.75, 3.05) is 26.2 Å². The van der Waals surface area contributed by atoms with E-state index in [0.29, 0.717) is 13.0 Å². The van der Waals surface area contributed by atoms with Crippen molar-refractivity contribution in [3.05, 3.63) is 102 Å². The third kappa shape index (κ3) is 5.17. The molecule has 1 N–H and O–H groups in total. The lowest BCUT2D eigenvalue weighted by Crippen LogP contribution is -2.42. The molecule has 0 amide bonds. The van der Waals surface area contributed by atoms with E-state index in [-0.39, 0.29) is 5.92 Å². The number of aliphatic hydroxyl groups is 1. The van der Waals surface area contributed by atoms with E-state index in [2.05, 4.69) is 41.3 Å². The molecule has 0 aliphatic carbocycles. The first-order valence-corrected chi connectivity index (χ1v) is 11.5. The van der Waals surface area contributed by atoms with Gasteiger partial charge in [-0.05, 0) is 61.7 Å². The van der Waals surface area contributed by atoms with Gasteiger partial charge in [0.05, 0.1) is 6.61 Å². The fourth-order valence-corrected chi connectivity index (χ4v) is 4.78. The Hall–Kier alpha value is -2.62. The summed E-state index contributed by atoms with van der Waals surface area (Å²) < 4.78 is 5.65. The Balaban J connectivity index is 1.77. The summed E-state index contributed by atoms with van der Waals surface area (Å²) in [5, 5.41) is 12.5. The van der Waals surface area contributed by atoms with Crippen molar-refractivity contribution in [2.45, 2.75) is 37.7 Å². The lowest BCUT2D eigenvalue weighted by atomic mass is 9.73. The van der Waals surface area contributed by atoms with Crippen molar-refractivity contribution in [1.82, 2.24) is 4.90 Å². The molecule has 31 heavy (non-hydrogen) atoms. The molecule has 3 heteroatoms. The van der Waals surface area contributed by atoms with Crippen LogP contribution in [0.5, 0.6) is 5.75 Å². The summed E-state index contributed by atoms with van der Waals surface area (Å²) in [5.74, 6) is 0.800. The Kier molecular flexibility index (Phi) is 7.06. The van der Waals surface area contributed by atoms with Gasteiger partial charge in [0.25, 0.3) is 0 Å². The van der Waals surface area contributed by atoms with Gasteiger partial charge in [0.2, 0.25) is 0 Å². The predicted molar refractivity (Wildman–Crippen MR) is 127 cm³/mol. The highest BCUT2D eigenvalue weighted by Gasteiger charge is 2.40. The standard InChI is InChI=1S/C28H33NO2/c1-2-31-26-17-15-25(16-18-26)28(30,21-23-11-5-3-6-12-23)27(22-29-19-9-10-20-29)24-13-7-4-8-14-24/h3-8,11-18,27,30H,2,9-10,19-22H2,1H3/t27-,28-/m0/s1. The quantitative estimate of drug-likeness (QED) is 0.508. The SMILES string of the molecule is CCOc1ccc([C@@](O)(Cc2ccccc2)[C@@H](CN2CCCC2)c2ccccc2)cc1. The average molecular weight is 416 g/mol. The molecule has 3 aromatic carbocycles. The zero-order chi connectivity index (χ0) is 21.5. The van der Waals surface area contributed by atoms with Crippen LogP contribution in [0.25, 0.3) is 0 Å². The molecule has 1 heterocycles. The lowest BCUT2D eigenvalue weighted by molar-refractivity contribution is -0.00293. The van der Waals surface area contributed by atoms with E-state index in [9.17, 15) is 5.11 Å². The molecule has 162 valence electrons. The van der Waals surface area contributed by atoms with Crippen LogP contribution in [0.2, 0.25) is 0 Å². The summed E-state index contributed by atoms with van der Waals surface area (Å²) >= 11 is 0. The van der Waals surface area contributed by atoms with Crippen LogP contribution in [-0.2, 0) is 12.0 Å². The first-order valence-electron chi connectivity index (χ1n) is 11.5. The van der Waals surface area contributed by atoms with Gasteiger partial charge < -0.3 is 14.7 Å². The summed E-state index contributed by atoms with van der Waals surface area (Å²) in [6, 6.07) is 28.9. The van der Waals surface area contributed by atoms with E-state index in [1.807, 2.05) is 55.5 Å². The fourth-order valence-electron chi connectivity index (χ4n) is 4.78. The molecule has 0 saturated carbocycles. The molecule has 1 aliphatic heterocycles. The van der Waals surface area contributed by atoms with Gasteiger partial charge in [-0.1, -0.05) is 72.8 Å². The molecule has 4 rings (SSSR count). The Morgan fingerprint density at radius 3 is 2.10 bits per heavy atom. The summed E-state index contributed by atoms with van der Waals surface area (Å²) in [7, 11) is 0. The predicted octanol–water partition coefficient (Wildman–Crippen LogP) is 5.40. The summed E-state index contributed by atoms with van der Waals surface area (Å²) in [5.41, 5.74) is 2.23. The summed E-state index contributed by atoms with van der Waals surface area (Å²) in [6.45, 7) is 5.68. The Morgan fingerprint density at radius 1 is 0.871 bits per heavy atom. The van der Waals surface area contributed by atoms with E-state index < -0.39 is 5.60 Å². The maximum Gasteiger partial charge on any atom is 0.119 e. The van der Waals surface area contributed by atoms with Crippen molar-refractivity contribution < 1.29 is 9.84 Å². The molecule has 2 atom stereocenters. The van der Waals surface area contributed by atoms with Crippen molar-refractivity contribution >= 4 is 0 Å². The minimum Gasteiger partial charge on any atom is -0.494 e. The van der Waals surface area contributed by atoms with E-state index in [1.54, 1.807) is 0 Å². The smallest absolute Gasteiger partial charge is 0.119 e. The number of ether oxygens (including phenoxy) is 1. The van der Waals surface area contributed by atoms with Crippen LogP contribution in [0.4, 0.5) is 0 Å². The molecule has 0 aromatic heterocycles. The normalized spacial score (nSPS) is 17.2. The van der Waals surface area contributed by atoms with Gasteiger partial charge in [-0.25, -0.2) is 0 Å². The van der Waals surface area contributed by atoms with Crippen LogP contribution in [0, 0.1) is 0 Å². The zero-order valence-corrected chi connectivity index (χ0v) is 18.4. The second-order valence-electron chi connectivity index (χ2n) is 8.52. The lowest BCUT2D eigenvalue weighted by Gasteiger charge is -2.39. The summed E-state index contributed by atoms with van der Waals surface area (Å²) in [6.07, 6.45) is 3.04. The molecule has 0 unspecified atom stereocenters. The van der Waals surface area contributed by atoms with Crippen molar-refractivity contribution in [1.29, 1.82) is 0 Å². The fraction of sp³-hybridized carbons (Fsp3) is 0.357. The van der Waals surface area contributed by atoms with Gasteiger partial charge >= 0.3 is 0 Å². The van der Waals surface area contributed by atoms with Crippen molar-refractivity contribution in [2.24, 2.45) is 0 Å². The first kappa shape index (κ1) is 21.6. The van der Waals surface area contributed by atoms with Crippen LogP contribution >= 0.6 is 0 Å². The molecular formula is C28H33NO2. The number of hydrogen-bond donors (Lipinski definition) is 1. The number of nitrogens with zero attached hydrogens (tertiary/aromatic N) is 1. The van der Waals surface area contributed by atoms with Gasteiger partial charge in [0.15, 0.2) is 0 Å². The second kappa shape index (κ2) is 10.1. The summed E-state index contributed by atoms with van der Waals surface area (Å²) in [4.78, 5) is 2.50. The monoisotopic (exact) mass is 415 g/mol. The molecular weight excluding hydrogens is 382 g/mol. The molecule has 1 fully saturated rings. The molecule has 3 aromatic rings. The number of benzene rings is 3. The maximum atomic E-state index is 12.5. The highest BCUT2D eigenvalue weighted by atomic mass is 16.5. The van der Waals surface area contributed by atoms with E-state index in [4.69, 9.17) is 4.74 Å². The van der Waals surface area contributed by atoms with Crippen molar-refractivity contribution in [3.8, 4) is 5.75 Å². The van der Waals surface area contributed by atoms with Crippen molar-refractivity contribution in [3.63, 3.8) is 0 Å². The van der Waals surface area contributed by atoms with E-state index >= 15 is 0 Å². The topological polar surface area (TPSA) is 32.7 Å². The molecule has 3 nitrogen and oxygen atoms in total. The molecule has 0 bridgehead atoms. The zero-order valence-electron chi connectivity index (χ0n) is 18.4. The van der Waals surface area contributed by atoms with E-state index in [1.165, 1.54) is 18.4 Å². The highest BCUT2D eigenvalue weighted by Crippen LogP contribution is 2.41. The Bertz CT molecular complexity index is 920. The van der Waals surface area contributed by atoms with Crippen LogP contribution in [0.3, 0.4) is 0 Å². The average Bonchev–Trinajstić information content (AvgIpc) is 3.33. The van der Waals surface area contributed by atoms with Gasteiger partial charge in [-0.2, -0.15) is 0 Å². The van der Waals surface area contributed by atoms with E-state index in [0.717, 1.165) is 36.5 Å². The number of hydrogen-bond acceptors (Lipinski definition) is 3. The van der Waals surface area contributed by atoms with Gasteiger partial charge in [0.1, 0.15) is 11.4 Å². The number of likely N-dealkylation sites (tertiary alicyclic amines) is 1. The largest absolute Gasteiger partial charge is 0.494 e. The van der Waals surface area contributed by atoms with Crippen LogP contribution in [0.1, 0.15) is 42.4 Å². The minimum absolute atomic E-state index is 0.0371. The van der Waals surface area contributed by atoms with Crippen LogP contribution in [0.15, 0.2) is 84.9 Å².